The highest BCUT2D eigenvalue weighted by Crippen LogP contribution is 2.18. The Balaban J connectivity index is 0.000000400. The van der Waals surface area contributed by atoms with E-state index in [0.717, 1.165) is 0 Å². The van der Waals surface area contributed by atoms with Crippen molar-refractivity contribution in [3.63, 3.8) is 0 Å². The molecule has 0 aliphatic carbocycles. The molecule has 1 rings (SSSR count). The van der Waals surface area contributed by atoms with E-state index in [1.807, 2.05) is 0 Å². The van der Waals surface area contributed by atoms with Gasteiger partial charge in [-0.3, -0.25) is 0 Å². The maximum atomic E-state index is 10.7. The molecule has 1 aromatic carbocycles. The molecule has 0 aromatic heterocycles. The van der Waals surface area contributed by atoms with E-state index < -0.39 is 10.1 Å². The fraction of sp³-hybridized carbons (Fsp3) is 0.625. The molecule has 0 atom stereocenters. The van der Waals surface area contributed by atoms with Crippen LogP contribution in [0.25, 0.3) is 0 Å². The zero-order valence-electron chi connectivity index (χ0n) is 14.1. The number of rotatable bonds is 5. The minimum Gasteiger partial charge on any atom is -0.744 e. The van der Waals surface area contributed by atoms with Crippen molar-refractivity contribution in [1.82, 2.24) is 0 Å². The first-order chi connectivity index (χ1) is 9.67. The van der Waals surface area contributed by atoms with Crippen molar-refractivity contribution >= 4 is 10.1 Å². The van der Waals surface area contributed by atoms with Gasteiger partial charge in [-0.25, -0.2) is 8.42 Å². The molecule has 5 heteroatoms. The highest BCUT2D eigenvalue weighted by atomic mass is 32.2. The van der Waals surface area contributed by atoms with Crippen LogP contribution < -0.4 is 0 Å². The Labute approximate surface area is 130 Å². The summed E-state index contributed by atoms with van der Waals surface area (Å²) in [7, 11) is -4.31. The second-order valence-electron chi connectivity index (χ2n) is 5.28. The first-order valence-corrected chi connectivity index (χ1v) is 8.95. The number of quaternary nitrogens is 1. The van der Waals surface area contributed by atoms with Crippen LogP contribution in [0, 0.1) is 13.8 Å². The summed E-state index contributed by atoms with van der Waals surface area (Å²) in [5.41, 5.74) is 1.01. The average Bonchev–Trinajstić information content (AvgIpc) is 2.41. The molecule has 0 saturated carbocycles. The molecule has 0 heterocycles. The van der Waals surface area contributed by atoms with Gasteiger partial charge in [0.2, 0.25) is 0 Å². The zero-order chi connectivity index (χ0) is 16.7. The van der Waals surface area contributed by atoms with Crippen LogP contribution in [0.15, 0.2) is 23.1 Å². The predicted molar refractivity (Wildman–Crippen MR) is 86.3 cm³/mol. The van der Waals surface area contributed by atoms with Gasteiger partial charge in [-0.15, -0.1) is 0 Å². The Hall–Kier alpha value is -0.910. The Morgan fingerprint density at radius 3 is 1.38 bits per heavy atom. The van der Waals surface area contributed by atoms with Crippen LogP contribution in [-0.4, -0.2) is 43.6 Å². The first-order valence-electron chi connectivity index (χ1n) is 7.54. The normalized spacial score (nSPS) is 11.8. The zero-order valence-corrected chi connectivity index (χ0v) is 15.0. The summed E-state index contributed by atoms with van der Waals surface area (Å²) in [6.07, 6.45) is 0. The number of benzene rings is 1. The molecule has 0 unspecified atom stereocenters. The summed E-state index contributed by atoms with van der Waals surface area (Å²) in [5, 5.41) is 0. The minimum absolute atomic E-state index is 0.0926. The fourth-order valence-corrected chi connectivity index (χ4v) is 3.46. The molecule has 0 saturated heterocycles. The third kappa shape index (κ3) is 5.77. The quantitative estimate of drug-likeness (QED) is 0.620. The topological polar surface area (TPSA) is 57.2 Å². The van der Waals surface area contributed by atoms with Crippen molar-refractivity contribution in [3.05, 3.63) is 29.3 Å². The van der Waals surface area contributed by atoms with Gasteiger partial charge in [-0.05, 0) is 52.7 Å². The van der Waals surface area contributed by atoms with Gasteiger partial charge in [0.05, 0.1) is 31.1 Å². The van der Waals surface area contributed by atoms with E-state index in [-0.39, 0.29) is 4.90 Å². The van der Waals surface area contributed by atoms with Crippen molar-refractivity contribution in [2.45, 2.75) is 46.4 Å². The Kier molecular flexibility index (Phi) is 8.14. The highest BCUT2D eigenvalue weighted by Gasteiger charge is 2.16. The third-order valence-electron chi connectivity index (χ3n) is 4.34. The van der Waals surface area contributed by atoms with Gasteiger partial charge < -0.3 is 9.04 Å². The summed E-state index contributed by atoms with van der Waals surface area (Å²) < 4.78 is 33.4. The summed E-state index contributed by atoms with van der Waals surface area (Å²) in [5.74, 6) is 0. The molecule has 0 bridgehead atoms. The fourth-order valence-electron chi connectivity index (χ4n) is 2.54. The first kappa shape index (κ1) is 20.1. The molecule has 122 valence electrons. The van der Waals surface area contributed by atoms with Crippen LogP contribution in [0.1, 0.15) is 38.8 Å². The second kappa shape index (κ2) is 8.51. The van der Waals surface area contributed by atoms with Crippen molar-refractivity contribution in [1.29, 1.82) is 0 Å². The van der Waals surface area contributed by atoms with Gasteiger partial charge in [-0.2, -0.15) is 0 Å². The average molecular weight is 315 g/mol. The molecule has 0 aliphatic heterocycles. The van der Waals surface area contributed by atoms with Crippen molar-refractivity contribution in [2.75, 3.05) is 26.2 Å². The highest BCUT2D eigenvalue weighted by molar-refractivity contribution is 7.85. The summed E-state index contributed by atoms with van der Waals surface area (Å²) in [6, 6.07) is 4.94. The van der Waals surface area contributed by atoms with Gasteiger partial charge in [0.15, 0.2) is 0 Å². The molecule has 0 amide bonds. The van der Waals surface area contributed by atoms with E-state index in [2.05, 4.69) is 27.7 Å². The van der Waals surface area contributed by atoms with Crippen LogP contribution in [0.5, 0.6) is 0 Å². The van der Waals surface area contributed by atoms with Crippen molar-refractivity contribution < 1.29 is 17.5 Å². The van der Waals surface area contributed by atoms with Crippen LogP contribution in [0.4, 0.5) is 0 Å². The van der Waals surface area contributed by atoms with Crippen molar-refractivity contribution in [2.24, 2.45) is 0 Å². The van der Waals surface area contributed by atoms with Gasteiger partial charge in [0, 0.05) is 0 Å². The standard InChI is InChI=1S/C8H20N.C8H10O3S/c1-5-9(6-2,7-3)8-4;1-6-4-3-5-7(2)8(6)12(9,10)11/h5-8H2,1-4H3;3-5H,1-2H3,(H,9,10,11)/q+1;/p-1. The van der Waals surface area contributed by atoms with Gasteiger partial charge >= 0.3 is 0 Å². The van der Waals surface area contributed by atoms with Crippen LogP contribution in [0.3, 0.4) is 0 Å². The molecule has 1 aromatic rings. The summed E-state index contributed by atoms with van der Waals surface area (Å²) >= 11 is 0. The van der Waals surface area contributed by atoms with E-state index in [9.17, 15) is 13.0 Å². The Bertz CT molecular complexity index is 497. The van der Waals surface area contributed by atoms with Gasteiger partial charge in [0.1, 0.15) is 10.1 Å². The molecule has 0 N–H and O–H groups in total. The number of hydrogen-bond acceptors (Lipinski definition) is 3. The summed E-state index contributed by atoms with van der Waals surface area (Å²) in [4.78, 5) is -0.0926. The van der Waals surface area contributed by atoms with Crippen LogP contribution in [0.2, 0.25) is 0 Å². The maximum absolute atomic E-state index is 10.7. The number of nitrogens with zero attached hydrogens (tertiary/aromatic N) is 1. The smallest absolute Gasteiger partial charge is 0.124 e. The lowest BCUT2D eigenvalue weighted by molar-refractivity contribution is -0.921. The molecular formula is C16H29NO3S. The van der Waals surface area contributed by atoms with Crippen LogP contribution in [-0.2, 0) is 10.1 Å². The van der Waals surface area contributed by atoms with Crippen LogP contribution >= 0.6 is 0 Å². The minimum atomic E-state index is -4.31. The lowest BCUT2D eigenvalue weighted by Gasteiger charge is -2.34. The van der Waals surface area contributed by atoms with E-state index in [1.54, 1.807) is 32.0 Å². The lowest BCUT2D eigenvalue weighted by atomic mass is 10.2. The van der Waals surface area contributed by atoms with E-state index in [0.29, 0.717) is 11.1 Å². The van der Waals surface area contributed by atoms with E-state index in [1.165, 1.54) is 30.7 Å². The van der Waals surface area contributed by atoms with E-state index in [4.69, 9.17) is 0 Å². The molecule has 21 heavy (non-hydrogen) atoms. The van der Waals surface area contributed by atoms with Gasteiger partial charge in [-0.1, -0.05) is 18.2 Å². The second-order valence-corrected chi connectivity index (χ2v) is 6.60. The molecule has 0 fully saturated rings. The van der Waals surface area contributed by atoms with Gasteiger partial charge in [0.25, 0.3) is 0 Å². The monoisotopic (exact) mass is 315 g/mol. The largest absolute Gasteiger partial charge is 0.744 e. The molecule has 4 nitrogen and oxygen atoms in total. The predicted octanol–water partition coefficient (Wildman–Crippen LogP) is 3.09. The molecule has 0 spiro atoms. The van der Waals surface area contributed by atoms with E-state index >= 15 is 0 Å². The molecule has 0 aliphatic rings. The number of aryl methyl sites for hydroxylation is 2. The number of hydrogen-bond donors (Lipinski definition) is 0. The SMILES string of the molecule is CC[N+](CC)(CC)CC.Cc1cccc(C)c1S(=O)(=O)[O-]. The molecular weight excluding hydrogens is 286 g/mol. The lowest BCUT2D eigenvalue weighted by Crippen LogP contribution is -2.47. The Morgan fingerprint density at radius 1 is 0.905 bits per heavy atom. The van der Waals surface area contributed by atoms with Crippen molar-refractivity contribution in [3.8, 4) is 0 Å². The summed E-state index contributed by atoms with van der Waals surface area (Å²) in [6.45, 7) is 17.4. The third-order valence-corrected chi connectivity index (χ3v) is 5.49. The molecule has 0 radical (unpaired) electrons. The maximum Gasteiger partial charge on any atom is 0.124 e. The Morgan fingerprint density at radius 2 is 1.24 bits per heavy atom.